The van der Waals surface area contributed by atoms with Crippen LogP contribution in [0.3, 0.4) is 0 Å². The van der Waals surface area contributed by atoms with Crippen molar-refractivity contribution >= 4 is 17.5 Å². The lowest BCUT2D eigenvalue weighted by molar-refractivity contribution is -0.130. The first kappa shape index (κ1) is 18.8. The van der Waals surface area contributed by atoms with Crippen LogP contribution in [0.4, 0.5) is 10.1 Å². The normalized spacial score (nSPS) is 12.9. The molecule has 1 aliphatic heterocycles. The number of benzene rings is 2. The molecule has 0 saturated heterocycles. The third-order valence-corrected chi connectivity index (χ3v) is 4.44. The highest BCUT2D eigenvalue weighted by atomic mass is 19.1. The maximum atomic E-state index is 14.7. The van der Waals surface area contributed by atoms with Gasteiger partial charge in [-0.25, -0.2) is 4.39 Å². The number of fused-ring (bicyclic) bond motifs is 1. The number of carbonyl (C=O) groups is 2. The number of para-hydroxylation sites is 1. The topological polar surface area (TPSA) is 70.7 Å². The lowest BCUT2D eigenvalue weighted by Gasteiger charge is -2.19. The molecule has 0 bridgehead atoms. The van der Waals surface area contributed by atoms with Crippen molar-refractivity contribution in [3.05, 3.63) is 58.9 Å². The molecule has 0 aliphatic carbocycles. The first-order valence-corrected chi connectivity index (χ1v) is 8.71. The van der Waals surface area contributed by atoms with Gasteiger partial charge in [-0.3, -0.25) is 9.59 Å². The Bertz CT molecular complexity index is 868. The minimum atomic E-state index is -0.490. The molecule has 0 aromatic heterocycles. The fraction of sp³-hybridized carbons (Fsp3) is 0.300. The van der Waals surface area contributed by atoms with E-state index in [-0.39, 0.29) is 29.5 Å². The molecule has 2 aromatic carbocycles. The van der Waals surface area contributed by atoms with Crippen LogP contribution in [-0.4, -0.2) is 44.0 Å². The van der Waals surface area contributed by atoms with Crippen molar-refractivity contribution in [3.8, 4) is 5.75 Å². The van der Waals surface area contributed by atoms with Gasteiger partial charge in [0.2, 0.25) is 0 Å². The molecule has 1 aliphatic rings. The Balaban J connectivity index is 1.78. The summed E-state index contributed by atoms with van der Waals surface area (Å²) < 4.78 is 20.2. The number of rotatable bonds is 5. The molecule has 0 atom stereocenters. The smallest absolute Gasteiger partial charge is 0.259 e. The summed E-state index contributed by atoms with van der Waals surface area (Å²) in [5.41, 5.74) is 1.91. The Morgan fingerprint density at radius 3 is 2.78 bits per heavy atom. The van der Waals surface area contributed by atoms with Crippen LogP contribution in [0.5, 0.6) is 5.75 Å². The predicted octanol–water partition coefficient (Wildman–Crippen LogP) is 2.19. The number of hydrogen-bond donors (Lipinski definition) is 2. The van der Waals surface area contributed by atoms with Crippen LogP contribution >= 0.6 is 0 Å². The molecule has 1 heterocycles. The van der Waals surface area contributed by atoms with Crippen molar-refractivity contribution in [1.82, 2.24) is 10.2 Å². The maximum Gasteiger partial charge on any atom is 0.259 e. The molecule has 2 amide bonds. The number of carbonyl (C=O) groups excluding carboxylic acids is 2. The fourth-order valence-electron chi connectivity index (χ4n) is 2.87. The van der Waals surface area contributed by atoms with E-state index in [0.29, 0.717) is 25.1 Å². The maximum absolute atomic E-state index is 14.7. The molecular formula is C20H22FN3O3. The molecule has 0 spiro atoms. The SMILES string of the molecule is CN(C)C(=O)COc1ccccc1C(=O)Nc1ccc2c(c1F)CCNC2. The lowest BCUT2D eigenvalue weighted by Crippen LogP contribution is -2.28. The number of anilines is 1. The zero-order valence-corrected chi connectivity index (χ0v) is 15.3. The standard InChI is InChI=1S/C20H22FN3O3/c1-24(2)18(25)12-27-17-6-4-3-5-15(17)20(26)23-16-8-7-13-11-22-10-9-14(13)19(16)21/h3-8,22H,9-12H2,1-2H3,(H,23,26). The highest BCUT2D eigenvalue weighted by Gasteiger charge is 2.19. The van der Waals surface area contributed by atoms with Crippen molar-refractivity contribution in [2.45, 2.75) is 13.0 Å². The van der Waals surface area contributed by atoms with Gasteiger partial charge < -0.3 is 20.3 Å². The third kappa shape index (κ3) is 4.25. The van der Waals surface area contributed by atoms with Crippen LogP contribution < -0.4 is 15.4 Å². The molecule has 0 unspecified atom stereocenters. The van der Waals surface area contributed by atoms with Gasteiger partial charge in [-0.1, -0.05) is 18.2 Å². The van der Waals surface area contributed by atoms with Gasteiger partial charge in [-0.15, -0.1) is 0 Å². The summed E-state index contributed by atoms with van der Waals surface area (Å²) in [4.78, 5) is 25.8. The van der Waals surface area contributed by atoms with Crippen molar-refractivity contribution < 1.29 is 18.7 Å². The number of nitrogens with zero attached hydrogens (tertiary/aromatic N) is 1. The number of likely N-dealkylation sites (N-methyl/N-ethyl adjacent to an activating group) is 1. The summed E-state index contributed by atoms with van der Waals surface area (Å²) >= 11 is 0. The minimum Gasteiger partial charge on any atom is -0.483 e. The van der Waals surface area contributed by atoms with Gasteiger partial charge in [0.1, 0.15) is 11.6 Å². The van der Waals surface area contributed by atoms with E-state index >= 15 is 0 Å². The Kier molecular flexibility index (Phi) is 5.71. The molecule has 0 fully saturated rings. The summed E-state index contributed by atoms with van der Waals surface area (Å²) in [7, 11) is 3.25. The van der Waals surface area contributed by atoms with Crippen LogP contribution in [0.25, 0.3) is 0 Å². The monoisotopic (exact) mass is 371 g/mol. The van der Waals surface area contributed by atoms with Crippen molar-refractivity contribution in [2.24, 2.45) is 0 Å². The highest BCUT2D eigenvalue weighted by Crippen LogP contribution is 2.26. The van der Waals surface area contributed by atoms with Gasteiger partial charge in [0.25, 0.3) is 11.8 Å². The summed E-state index contributed by atoms with van der Waals surface area (Å²) in [6.45, 7) is 1.15. The Hall–Kier alpha value is -2.93. The largest absolute Gasteiger partial charge is 0.483 e. The zero-order chi connectivity index (χ0) is 19.4. The molecule has 142 valence electrons. The van der Waals surface area contributed by atoms with Crippen LogP contribution in [0.15, 0.2) is 36.4 Å². The molecule has 2 aromatic rings. The second kappa shape index (κ2) is 8.18. The van der Waals surface area contributed by atoms with E-state index in [1.807, 2.05) is 6.07 Å². The van der Waals surface area contributed by atoms with E-state index in [2.05, 4.69) is 10.6 Å². The quantitative estimate of drug-likeness (QED) is 0.845. The predicted molar refractivity (Wildman–Crippen MR) is 100 cm³/mol. The van der Waals surface area contributed by atoms with E-state index in [9.17, 15) is 14.0 Å². The Labute approximate surface area is 157 Å². The molecule has 7 heteroatoms. The molecule has 0 radical (unpaired) electrons. The summed E-state index contributed by atoms with van der Waals surface area (Å²) in [6.07, 6.45) is 0.581. The van der Waals surface area contributed by atoms with Gasteiger partial charge in [0.05, 0.1) is 11.3 Å². The van der Waals surface area contributed by atoms with Gasteiger partial charge in [0, 0.05) is 20.6 Å². The van der Waals surface area contributed by atoms with Gasteiger partial charge in [0.15, 0.2) is 6.61 Å². The second-order valence-corrected chi connectivity index (χ2v) is 6.52. The second-order valence-electron chi connectivity index (χ2n) is 6.52. The van der Waals surface area contributed by atoms with Crippen LogP contribution in [0.1, 0.15) is 21.5 Å². The van der Waals surface area contributed by atoms with E-state index in [1.54, 1.807) is 44.4 Å². The molecule has 6 nitrogen and oxygen atoms in total. The van der Waals surface area contributed by atoms with Crippen molar-refractivity contribution in [3.63, 3.8) is 0 Å². The first-order chi connectivity index (χ1) is 13.0. The van der Waals surface area contributed by atoms with Crippen molar-refractivity contribution in [1.29, 1.82) is 0 Å². The average molecular weight is 371 g/mol. The first-order valence-electron chi connectivity index (χ1n) is 8.71. The highest BCUT2D eigenvalue weighted by molar-refractivity contribution is 6.06. The van der Waals surface area contributed by atoms with Gasteiger partial charge in [-0.05, 0) is 42.3 Å². The number of hydrogen-bond acceptors (Lipinski definition) is 4. The zero-order valence-electron chi connectivity index (χ0n) is 15.3. The minimum absolute atomic E-state index is 0.139. The van der Waals surface area contributed by atoms with Crippen LogP contribution in [-0.2, 0) is 17.8 Å². The number of amides is 2. The number of halogens is 1. The number of ether oxygens (including phenoxy) is 1. The summed E-state index contributed by atoms with van der Waals surface area (Å²) in [6, 6.07) is 9.96. The third-order valence-electron chi connectivity index (χ3n) is 4.44. The van der Waals surface area contributed by atoms with Crippen molar-refractivity contribution in [2.75, 3.05) is 32.6 Å². The average Bonchev–Trinajstić information content (AvgIpc) is 2.68. The lowest BCUT2D eigenvalue weighted by atomic mass is 9.99. The molecule has 2 N–H and O–H groups in total. The molecule has 3 rings (SSSR count). The van der Waals surface area contributed by atoms with E-state index in [0.717, 1.165) is 5.56 Å². The van der Waals surface area contributed by atoms with E-state index in [1.165, 1.54) is 4.90 Å². The number of nitrogens with one attached hydrogen (secondary N) is 2. The van der Waals surface area contributed by atoms with Crippen LogP contribution in [0, 0.1) is 5.82 Å². The van der Waals surface area contributed by atoms with E-state index in [4.69, 9.17) is 4.74 Å². The summed E-state index contributed by atoms with van der Waals surface area (Å²) in [5.74, 6) is -0.841. The Morgan fingerprint density at radius 2 is 2.00 bits per heavy atom. The fourth-order valence-corrected chi connectivity index (χ4v) is 2.87. The summed E-state index contributed by atoms with van der Waals surface area (Å²) in [5, 5.41) is 5.81. The van der Waals surface area contributed by atoms with Gasteiger partial charge in [-0.2, -0.15) is 0 Å². The molecular weight excluding hydrogens is 349 g/mol. The van der Waals surface area contributed by atoms with Crippen LogP contribution in [0.2, 0.25) is 0 Å². The Morgan fingerprint density at radius 1 is 1.22 bits per heavy atom. The molecule has 27 heavy (non-hydrogen) atoms. The molecule has 0 saturated carbocycles. The van der Waals surface area contributed by atoms with E-state index < -0.39 is 11.7 Å². The van der Waals surface area contributed by atoms with Gasteiger partial charge >= 0.3 is 0 Å².